The Bertz CT molecular complexity index is 664. The fourth-order valence-electron chi connectivity index (χ4n) is 1.71. The number of aromatic carboxylic acids is 1. The number of ether oxygens (including phenoxy) is 1. The maximum Gasteiger partial charge on any atom is 0.348 e. The summed E-state index contributed by atoms with van der Waals surface area (Å²) in [6.07, 6.45) is 0. The van der Waals surface area contributed by atoms with Gasteiger partial charge in [0.15, 0.2) is 5.13 Å². The molecule has 0 fully saturated rings. The molecule has 21 heavy (non-hydrogen) atoms. The van der Waals surface area contributed by atoms with Gasteiger partial charge >= 0.3 is 5.97 Å². The number of hydrogen-bond donors (Lipinski definition) is 2. The molecule has 0 unspecified atom stereocenters. The zero-order chi connectivity index (χ0) is 15.4. The predicted molar refractivity (Wildman–Crippen MR) is 79.8 cm³/mol. The summed E-state index contributed by atoms with van der Waals surface area (Å²) >= 11 is 0.923. The number of aryl methyl sites for hydroxylation is 1. The number of amides is 1. The van der Waals surface area contributed by atoms with Gasteiger partial charge in [0.25, 0.3) is 5.91 Å². The average Bonchev–Trinajstić information content (AvgIpc) is 2.84. The van der Waals surface area contributed by atoms with Crippen molar-refractivity contribution in [3.63, 3.8) is 0 Å². The van der Waals surface area contributed by atoms with Crippen molar-refractivity contribution in [2.45, 2.75) is 6.92 Å². The van der Waals surface area contributed by atoms with Gasteiger partial charge < -0.3 is 9.84 Å². The van der Waals surface area contributed by atoms with E-state index in [1.165, 1.54) is 7.11 Å². The molecular weight excluding hydrogens is 292 g/mol. The monoisotopic (exact) mass is 306 g/mol. The van der Waals surface area contributed by atoms with Crippen molar-refractivity contribution in [1.82, 2.24) is 4.98 Å². The second-order valence-corrected chi connectivity index (χ2v) is 5.35. The summed E-state index contributed by atoms with van der Waals surface area (Å²) in [5.41, 5.74) is 2.11. The van der Waals surface area contributed by atoms with Gasteiger partial charge in [-0.1, -0.05) is 41.2 Å². The minimum absolute atomic E-state index is 0.0894. The molecule has 6 nitrogen and oxygen atoms in total. The fraction of sp³-hybridized carbons (Fsp3) is 0.214. The molecule has 1 heterocycles. The summed E-state index contributed by atoms with van der Waals surface area (Å²) in [4.78, 5) is 27.1. The number of carboxylic acid groups (broad SMARTS) is 1. The van der Waals surface area contributed by atoms with E-state index in [9.17, 15) is 14.7 Å². The number of methoxy groups -OCH3 is 1. The van der Waals surface area contributed by atoms with Gasteiger partial charge in [-0.15, -0.1) is 0 Å². The zero-order valence-corrected chi connectivity index (χ0v) is 12.4. The summed E-state index contributed by atoms with van der Waals surface area (Å²) in [6.45, 7) is 1.83. The zero-order valence-electron chi connectivity index (χ0n) is 11.5. The number of thiazole rings is 1. The van der Waals surface area contributed by atoms with Gasteiger partial charge in [-0.25, -0.2) is 9.78 Å². The number of hydrogen-bond acceptors (Lipinski definition) is 5. The SMILES string of the molecule is COCC(=O)Nc1nc(-c2ccc(C)cc2)c(C(=O)O)s1. The van der Waals surface area contributed by atoms with Crippen molar-refractivity contribution in [3.8, 4) is 11.3 Å². The number of nitrogens with zero attached hydrogens (tertiary/aromatic N) is 1. The van der Waals surface area contributed by atoms with Crippen LogP contribution in [0.15, 0.2) is 24.3 Å². The summed E-state index contributed by atoms with van der Waals surface area (Å²) in [6, 6.07) is 7.36. The molecular formula is C14H14N2O4S. The van der Waals surface area contributed by atoms with Crippen LogP contribution in [0, 0.1) is 6.92 Å². The van der Waals surface area contributed by atoms with E-state index >= 15 is 0 Å². The molecule has 0 spiro atoms. The van der Waals surface area contributed by atoms with Crippen LogP contribution in [0.5, 0.6) is 0 Å². The number of rotatable bonds is 5. The van der Waals surface area contributed by atoms with Crippen LogP contribution >= 0.6 is 11.3 Å². The Labute approximate surface area is 125 Å². The number of benzene rings is 1. The molecule has 0 aliphatic heterocycles. The van der Waals surface area contributed by atoms with Gasteiger partial charge in [0.2, 0.25) is 0 Å². The van der Waals surface area contributed by atoms with Gasteiger partial charge in [0, 0.05) is 12.7 Å². The third-order valence-corrected chi connectivity index (χ3v) is 3.63. The van der Waals surface area contributed by atoms with Crippen molar-refractivity contribution in [2.24, 2.45) is 0 Å². The van der Waals surface area contributed by atoms with Gasteiger partial charge in [-0.05, 0) is 6.92 Å². The maximum absolute atomic E-state index is 11.5. The minimum atomic E-state index is -1.07. The molecule has 2 aromatic rings. The topological polar surface area (TPSA) is 88.5 Å². The molecule has 0 atom stereocenters. The lowest BCUT2D eigenvalue weighted by molar-refractivity contribution is -0.119. The molecule has 110 valence electrons. The number of carboxylic acids is 1. The van der Waals surface area contributed by atoms with E-state index < -0.39 is 5.97 Å². The van der Waals surface area contributed by atoms with E-state index in [1.807, 2.05) is 19.1 Å². The van der Waals surface area contributed by atoms with E-state index in [4.69, 9.17) is 4.74 Å². The van der Waals surface area contributed by atoms with Gasteiger partial charge in [-0.2, -0.15) is 0 Å². The first-order valence-electron chi connectivity index (χ1n) is 6.11. The highest BCUT2D eigenvalue weighted by Crippen LogP contribution is 2.31. The van der Waals surface area contributed by atoms with E-state index in [-0.39, 0.29) is 22.5 Å². The van der Waals surface area contributed by atoms with Crippen molar-refractivity contribution in [1.29, 1.82) is 0 Å². The smallest absolute Gasteiger partial charge is 0.348 e. The quantitative estimate of drug-likeness (QED) is 0.885. The molecule has 7 heteroatoms. The van der Waals surface area contributed by atoms with E-state index in [0.29, 0.717) is 11.3 Å². The molecule has 0 saturated heterocycles. The summed E-state index contributed by atoms with van der Waals surface area (Å²) < 4.78 is 4.71. The number of nitrogens with one attached hydrogen (secondary N) is 1. The van der Waals surface area contributed by atoms with Crippen molar-refractivity contribution < 1.29 is 19.4 Å². The lowest BCUT2D eigenvalue weighted by atomic mass is 10.1. The number of anilines is 1. The van der Waals surface area contributed by atoms with Gasteiger partial charge in [0.05, 0.1) is 5.69 Å². The number of carbonyl (C=O) groups excluding carboxylic acids is 1. The molecule has 2 rings (SSSR count). The van der Waals surface area contributed by atoms with E-state index in [1.54, 1.807) is 12.1 Å². The van der Waals surface area contributed by atoms with Crippen LogP contribution in [0.2, 0.25) is 0 Å². The van der Waals surface area contributed by atoms with Gasteiger partial charge in [0.1, 0.15) is 11.5 Å². The highest BCUT2D eigenvalue weighted by atomic mass is 32.1. The molecule has 0 saturated carbocycles. The third kappa shape index (κ3) is 3.65. The molecule has 0 aliphatic carbocycles. The average molecular weight is 306 g/mol. The fourth-order valence-corrected chi connectivity index (χ4v) is 2.55. The highest BCUT2D eigenvalue weighted by molar-refractivity contribution is 7.18. The third-order valence-electron chi connectivity index (χ3n) is 2.67. The summed E-state index contributed by atoms with van der Waals surface area (Å²) in [7, 11) is 1.40. The molecule has 0 aliphatic rings. The first kappa shape index (κ1) is 15.1. The Hall–Kier alpha value is -2.25. The predicted octanol–water partition coefficient (Wildman–Crippen LogP) is 2.40. The first-order valence-corrected chi connectivity index (χ1v) is 6.93. The number of aromatic nitrogens is 1. The normalized spacial score (nSPS) is 10.4. The van der Waals surface area contributed by atoms with Crippen LogP contribution in [-0.2, 0) is 9.53 Å². The molecule has 0 bridgehead atoms. The summed E-state index contributed by atoms with van der Waals surface area (Å²) in [5, 5.41) is 12.0. The van der Waals surface area contributed by atoms with Crippen LogP contribution in [0.3, 0.4) is 0 Å². The number of carbonyl (C=O) groups is 2. The van der Waals surface area contributed by atoms with Crippen LogP contribution in [0.25, 0.3) is 11.3 Å². The standard InChI is InChI=1S/C14H14N2O4S/c1-8-3-5-9(6-4-8)11-12(13(18)19)21-14(16-11)15-10(17)7-20-2/h3-6H,7H2,1-2H3,(H,18,19)(H,15,16,17). The largest absolute Gasteiger partial charge is 0.477 e. The second kappa shape index (κ2) is 6.47. The lowest BCUT2D eigenvalue weighted by Crippen LogP contribution is -2.16. The van der Waals surface area contributed by atoms with E-state index in [2.05, 4.69) is 10.3 Å². The Balaban J connectivity index is 2.36. The van der Waals surface area contributed by atoms with Crippen molar-refractivity contribution >= 4 is 28.3 Å². The highest BCUT2D eigenvalue weighted by Gasteiger charge is 2.19. The van der Waals surface area contributed by atoms with Crippen LogP contribution in [-0.4, -0.2) is 35.7 Å². The van der Waals surface area contributed by atoms with Crippen LogP contribution < -0.4 is 5.32 Å². The Morgan fingerprint density at radius 3 is 2.57 bits per heavy atom. The van der Waals surface area contributed by atoms with Crippen molar-refractivity contribution in [2.75, 3.05) is 19.0 Å². The molecule has 2 N–H and O–H groups in total. The van der Waals surface area contributed by atoms with Gasteiger partial charge in [-0.3, -0.25) is 10.1 Å². The Morgan fingerprint density at radius 2 is 2.00 bits per heavy atom. The van der Waals surface area contributed by atoms with Crippen LogP contribution in [0.4, 0.5) is 5.13 Å². The van der Waals surface area contributed by atoms with E-state index in [0.717, 1.165) is 16.9 Å². The van der Waals surface area contributed by atoms with Crippen LogP contribution in [0.1, 0.15) is 15.2 Å². The Kier molecular flexibility index (Phi) is 4.66. The Morgan fingerprint density at radius 1 is 1.33 bits per heavy atom. The minimum Gasteiger partial charge on any atom is -0.477 e. The second-order valence-electron chi connectivity index (χ2n) is 4.35. The van der Waals surface area contributed by atoms with Crippen molar-refractivity contribution in [3.05, 3.63) is 34.7 Å². The summed E-state index contributed by atoms with van der Waals surface area (Å²) in [5.74, 6) is -1.45. The molecule has 1 amide bonds. The molecule has 1 aromatic heterocycles. The maximum atomic E-state index is 11.5. The molecule has 0 radical (unpaired) electrons. The first-order chi connectivity index (χ1) is 10.0. The lowest BCUT2D eigenvalue weighted by Gasteiger charge is -2.00. The molecule has 1 aromatic carbocycles.